The fourth-order valence-corrected chi connectivity index (χ4v) is 1.98. The molecule has 0 aromatic carbocycles. The lowest BCUT2D eigenvalue weighted by Gasteiger charge is -2.18. The van der Waals surface area contributed by atoms with Crippen LogP contribution >= 0.6 is 0 Å². The summed E-state index contributed by atoms with van der Waals surface area (Å²) in [7, 11) is 0. The Morgan fingerprint density at radius 2 is 1.82 bits per heavy atom. The van der Waals surface area contributed by atoms with E-state index in [2.05, 4.69) is 5.32 Å². The number of amides is 2. The number of nitrogens with zero attached hydrogens (tertiary/aromatic N) is 1. The second-order valence-electron chi connectivity index (χ2n) is 4.78. The Hall–Kier alpha value is -1.06. The van der Waals surface area contributed by atoms with Gasteiger partial charge in [-0.15, -0.1) is 0 Å². The van der Waals surface area contributed by atoms with E-state index in [1.165, 1.54) is 0 Å². The minimum absolute atomic E-state index is 0.0462. The first-order valence-electron chi connectivity index (χ1n) is 6.64. The second-order valence-corrected chi connectivity index (χ2v) is 4.78. The number of nitrogens with one attached hydrogen (secondary N) is 1. The van der Waals surface area contributed by atoms with E-state index < -0.39 is 0 Å². The SMILES string of the molecule is CCC(C)NC(=O)C1CC1C(=O)N(CC)CC. The van der Waals surface area contributed by atoms with Gasteiger partial charge >= 0.3 is 0 Å². The Morgan fingerprint density at radius 1 is 1.24 bits per heavy atom. The maximum atomic E-state index is 12.0. The van der Waals surface area contributed by atoms with E-state index in [9.17, 15) is 9.59 Å². The molecular weight excluding hydrogens is 216 g/mol. The quantitative estimate of drug-likeness (QED) is 0.763. The van der Waals surface area contributed by atoms with Gasteiger partial charge in [0.25, 0.3) is 0 Å². The van der Waals surface area contributed by atoms with Crippen LogP contribution in [0.1, 0.15) is 40.5 Å². The van der Waals surface area contributed by atoms with E-state index in [1.54, 1.807) is 4.90 Å². The normalized spacial score (nSPS) is 24.0. The highest BCUT2D eigenvalue weighted by Crippen LogP contribution is 2.40. The van der Waals surface area contributed by atoms with Crippen LogP contribution in [0.25, 0.3) is 0 Å². The Bertz CT molecular complexity index is 287. The summed E-state index contributed by atoms with van der Waals surface area (Å²) in [4.78, 5) is 25.6. The molecule has 0 aromatic heterocycles. The summed E-state index contributed by atoms with van der Waals surface area (Å²) in [5, 5.41) is 2.94. The number of rotatable bonds is 6. The topological polar surface area (TPSA) is 49.4 Å². The van der Waals surface area contributed by atoms with E-state index in [0.29, 0.717) is 0 Å². The van der Waals surface area contributed by atoms with Gasteiger partial charge in [-0.1, -0.05) is 6.92 Å². The lowest BCUT2D eigenvalue weighted by Crippen LogP contribution is -2.36. The molecule has 2 amide bonds. The molecule has 1 fully saturated rings. The molecule has 1 saturated carbocycles. The van der Waals surface area contributed by atoms with Crippen LogP contribution in [0, 0.1) is 11.8 Å². The van der Waals surface area contributed by atoms with Gasteiger partial charge in [-0.3, -0.25) is 9.59 Å². The highest BCUT2D eigenvalue weighted by atomic mass is 16.2. The Morgan fingerprint density at radius 3 is 2.29 bits per heavy atom. The molecule has 3 atom stereocenters. The summed E-state index contributed by atoms with van der Waals surface area (Å²) in [6.07, 6.45) is 1.64. The molecule has 0 radical (unpaired) electrons. The molecule has 0 aliphatic heterocycles. The molecule has 0 spiro atoms. The zero-order valence-corrected chi connectivity index (χ0v) is 11.3. The average molecular weight is 240 g/mol. The smallest absolute Gasteiger partial charge is 0.226 e. The van der Waals surface area contributed by atoms with Crippen LogP contribution in [0.5, 0.6) is 0 Å². The van der Waals surface area contributed by atoms with Crippen LogP contribution in [0.15, 0.2) is 0 Å². The minimum Gasteiger partial charge on any atom is -0.353 e. The third-order valence-electron chi connectivity index (χ3n) is 3.52. The van der Waals surface area contributed by atoms with Crippen molar-refractivity contribution in [3.8, 4) is 0 Å². The summed E-state index contributed by atoms with van der Waals surface area (Å²) >= 11 is 0. The van der Waals surface area contributed by atoms with Crippen LogP contribution in [-0.4, -0.2) is 35.8 Å². The van der Waals surface area contributed by atoms with Crippen molar-refractivity contribution in [1.82, 2.24) is 10.2 Å². The van der Waals surface area contributed by atoms with Crippen molar-refractivity contribution in [1.29, 1.82) is 0 Å². The van der Waals surface area contributed by atoms with E-state index in [-0.39, 0.29) is 29.7 Å². The fourth-order valence-electron chi connectivity index (χ4n) is 1.98. The molecule has 0 bridgehead atoms. The molecule has 3 unspecified atom stereocenters. The minimum atomic E-state index is -0.0860. The maximum Gasteiger partial charge on any atom is 0.226 e. The van der Waals surface area contributed by atoms with Gasteiger partial charge in [0.1, 0.15) is 0 Å². The van der Waals surface area contributed by atoms with Crippen molar-refractivity contribution in [2.75, 3.05) is 13.1 Å². The van der Waals surface area contributed by atoms with Crippen LogP contribution in [-0.2, 0) is 9.59 Å². The summed E-state index contributed by atoms with van der Waals surface area (Å²) in [5.74, 6) is 0.0280. The number of hydrogen-bond donors (Lipinski definition) is 1. The molecule has 1 aliphatic carbocycles. The number of carbonyl (C=O) groups excluding carboxylic acids is 2. The van der Waals surface area contributed by atoms with Gasteiger partial charge in [0.15, 0.2) is 0 Å². The molecule has 4 nitrogen and oxygen atoms in total. The first-order chi connectivity index (χ1) is 8.04. The molecule has 0 heterocycles. The van der Waals surface area contributed by atoms with Gasteiger partial charge in [0, 0.05) is 19.1 Å². The molecule has 0 saturated heterocycles. The lowest BCUT2D eigenvalue weighted by atomic mass is 10.2. The Labute approximate surface area is 104 Å². The van der Waals surface area contributed by atoms with Gasteiger partial charge in [-0.25, -0.2) is 0 Å². The van der Waals surface area contributed by atoms with Crippen LogP contribution in [0.4, 0.5) is 0 Å². The lowest BCUT2D eigenvalue weighted by molar-refractivity contribution is -0.134. The summed E-state index contributed by atoms with van der Waals surface area (Å²) in [5.41, 5.74) is 0. The fraction of sp³-hybridized carbons (Fsp3) is 0.846. The van der Waals surface area contributed by atoms with E-state index >= 15 is 0 Å². The molecule has 1 aliphatic rings. The highest BCUT2D eigenvalue weighted by Gasteiger charge is 2.49. The van der Waals surface area contributed by atoms with Crippen molar-refractivity contribution in [3.63, 3.8) is 0 Å². The van der Waals surface area contributed by atoms with Gasteiger partial charge < -0.3 is 10.2 Å². The number of hydrogen-bond acceptors (Lipinski definition) is 2. The highest BCUT2D eigenvalue weighted by molar-refractivity contribution is 5.92. The first kappa shape index (κ1) is 14.0. The summed E-state index contributed by atoms with van der Waals surface area (Å²) < 4.78 is 0. The van der Waals surface area contributed by atoms with E-state index in [4.69, 9.17) is 0 Å². The molecule has 98 valence electrons. The van der Waals surface area contributed by atoms with Crippen LogP contribution < -0.4 is 5.32 Å². The van der Waals surface area contributed by atoms with Crippen molar-refractivity contribution in [3.05, 3.63) is 0 Å². The molecule has 0 aromatic rings. The summed E-state index contributed by atoms with van der Waals surface area (Å²) in [6, 6.07) is 0.201. The molecular formula is C13H24N2O2. The largest absolute Gasteiger partial charge is 0.353 e. The van der Waals surface area contributed by atoms with Gasteiger partial charge in [-0.2, -0.15) is 0 Å². The van der Waals surface area contributed by atoms with E-state index in [0.717, 1.165) is 25.9 Å². The standard InChI is InChI=1S/C13H24N2O2/c1-5-9(4)14-12(16)10-8-11(10)13(17)15(6-2)7-3/h9-11H,5-8H2,1-4H3,(H,14,16). The summed E-state index contributed by atoms with van der Waals surface area (Å²) in [6.45, 7) is 9.42. The van der Waals surface area contributed by atoms with Crippen molar-refractivity contribution >= 4 is 11.8 Å². The van der Waals surface area contributed by atoms with Gasteiger partial charge in [0.05, 0.1) is 11.8 Å². The van der Waals surface area contributed by atoms with E-state index in [1.807, 2.05) is 27.7 Å². The molecule has 1 N–H and O–H groups in total. The monoisotopic (exact) mass is 240 g/mol. The zero-order valence-electron chi connectivity index (χ0n) is 11.3. The van der Waals surface area contributed by atoms with Gasteiger partial charge in [-0.05, 0) is 33.6 Å². The molecule has 1 rings (SSSR count). The first-order valence-corrected chi connectivity index (χ1v) is 6.64. The predicted octanol–water partition coefficient (Wildman–Crippen LogP) is 1.41. The zero-order chi connectivity index (χ0) is 13.0. The van der Waals surface area contributed by atoms with Crippen molar-refractivity contribution in [2.45, 2.75) is 46.6 Å². The average Bonchev–Trinajstić information content (AvgIpc) is 3.10. The molecule has 4 heteroatoms. The molecule has 17 heavy (non-hydrogen) atoms. The number of carbonyl (C=O) groups is 2. The second kappa shape index (κ2) is 6.03. The van der Waals surface area contributed by atoms with Crippen LogP contribution in [0.3, 0.4) is 0 Å². The van der Waals surface area contributed by atoms with Crippen molar-refractivity contribution < 1.29 is 9.59 Å². The Kier molecular flexibility index (Phi) is 4.97. The van der Waals surface area contributed by atoms with Crippen LogP contribution in [0.2, 0.25) is 0 Å². The third-order valence-corrected chi connectivity index (χ3v) is 3.52. The maximum absolute atomic E-state index is 12.0. The van der Waals surface area contributed by atoms with Crippen molar-refractivity contribution in [2.24, 2.45) is 11.8 Å². The predicted molar refractivity (Wildman–Crippen MR) is 67.4 cm³/mol. The van der Waals surface area contributed by atoms with Gasteiger partial charge in [0.2, 0.25) is 11.8 Å². The third kappa shape index (κ3) is 3.45. The Balaban J connectivity index is 2.42.